The van der Waals surface area contributed by atoms with E-state index in [0.29, 0.717) is 18.4 Å². The molecule has 6 heteroatoms. The maximum Gasteiger partial charge on any atom is 0.223 e. The minimum atomic E-state index is -0.273. The van der Waals surface area contributed by atoms with Gasteiger partial charge in [-0.2, -0.15) is 0 Å². The number of amides is 2. The molecule has 2 aliphatic heterocycles. The van der Waals surface area contributed by atoms with Crippen molar-refractivity contribution in [3.05, 3.63) is 35.6 Å². The Morgan fingerprint density at radius 3 is 2.78 bits per heavy atom. The molecule has 0 aromatic heterocycles. The highest BCUT2D eigenvalue weighted by molar-refractivity contribution is 5.84. The molecule has 1 aromatic carbocycles. The van der Waals surface area contributed by atoms with Crippen LogP contribution in [-0.4, -0.2) is 42.4 Å². The fraction of sp³-hybridized carbons (Fsp3) is 0.619. The summed E-state index contributed by atoms with van der Waals surface area (Å²) in [4.78, 5) is 27.0. The number of carbonyl (C=O) groups is 2. The van der Waals surface area contributed by atoms with E-state index in [1.54, 1.807) is 12.1 Å². The highest BCUT2D eigenvalue weighted by Crippen LogP contribution is 2.43. The van der Waals surface area contributed by atoms with E-state index in [1.165, 1.54) is 18.9 Å². The molecule has 3 atom stereocenters. The Kier molecular flexibility index (Phi) is 5.43. The van der Waals surface area contributed by atoms with E-state index < -0.39 is 0 Å². The second-order valence-corrected chi connectivity index (χ2v) is 8.18. The molecular weight excluding hydrogens is 345 g/mol. The second kappa shape index (κ2) is 7.97. The number of fused-ring (bicyclic) bond motifs is 1. The number of carbonyl (C=O) groups excluding carboxylic acids is 2. The van der Waals surface area contributed by atoms with E-state index in [9.17, 15) is 14.0 Å². The molecule has 0 radical (unpaired) electrons. The Hall–Kier alpha value is -1.95. The zero-order valence-corrected chi connectivity index (χ0v) is 15.6. The van der Waals surface area contributed by atoms with Crippen LogP contribution in [0.3, 0.4) is 0 Å². The van der Waals surface area contributed by atoms with Crippen LogP contribution in [0.4, 0.5) is 4.39 Å². The van der Waals surface area contributed by atoms with E-state index in [-0.39, 0.29) is 42.6 Å². The first-order chi connectivity index (χ1) is 13.1. The van der Waals surface area contributed by atoms with Crippen LogP contribution in [0.25, 0.3) is 0 Å². The van der Waals surface area contributed by atoms with Gasteiger partial charge in [-0.05, 0) is 36.5 Å². The Balaban J connectivity index is 1.41. The first kappa shape index (κ1) is 18.4. The summed E-state index contributed by atoms with van der Waals surface area (Å²) in [5.74, 6) is 0.404. The number of rotatable bonds is 5. The molecule has 0 unspecified atom stereocenters. The Labute approximate surface area is 159 Å². The molecule has 27 heavy (non-hydrogen) atoms. The van der Waals surface area contributed by atoms with Crippen LogP contribution in [-0.2, 0) is 9.59 Å². The average Bonchev–Trinajstić information content (AvgIpc) is 3.36. The molecule has 2 heterocycles. The van der Waals surface area contributed by atoms with E-state index in [0.717, 1.165) is 31.5 Å². The van der Waals surface area contributed by atoms with Crippen LogP contribution in [0.15, 0.2) is 24.3 Å². The predicted molar refractivity (Wildman–Crippen MR) is 100 cm³/mol. The van der Waals surface area contributed by atoms with Crippen LogP contribution < -0.4 is 10.6 Å². The summed E-state index contributed by atoms with van der Waals surface area (Å²) in [6, 6.07) is 6.76. The summed E-state index contributed by atoms with van der Waals surface area (Å²) in [5.41, 5.74) is 0.856. The lowest BCUT2D eigenvalue weighted by molar-refractivity contribution is -0.135. The lowest BCUT2D eigenvalue weighted by Crippen LogP contribution is -2.37. The van der Waals surface area contributed by atoms with Crippen molar-refractivity contribution in [1.29, 1.82) is 0 Å². The number of likely N-dealkylation sites (tertiary alicyclic amines) is 1. The fourth-order valence-electron chi connectivity index (χ4n) is 5.03. The van der Waals surface area contributed by atoms with Gasteiger partial charge in [-0.1, -0.05) is 25.0 Å². The average molecular weight is 373 g/mol. The van der Waals surface area contributed by atoms with Crippen LogP contribution in [0.2, 0.25) is 0 Å². The quantitative estimate of drug-likeness (QED) is 0.833. The lowest BCUT2D eigenvalue weighted by Gasteiger charge is -2.28. The van der Waals surface area contributed by atoms with E-state index in [1.807, 2.05) is 11.0 Å². The molecule has 3 fully saturated rings. The molecule has 1 saturated carbocycles. The van der Waals surface area contributed by atoms with Crippen molar-refractivity contribution >= 4 is 11.8 Å². The molecule has 0 bridgehead atoms. The number of hydrogen-bond donors (Lipinski definition) is 2. The number of halogens is 1. The third-order valence-electron chi connectivity index (χ3n) is 6.36. The molecule has 0 spiro atoms. The van der Waals surface area contributed by atoms with Gasteiger partial charge in [0.1, 0.15) is 5.82 Å². The zero-order valence-electron chi connectivity index (χ0n) is 15.6. The van der Waals surface area contributed by atoms with Gasteiger partial charge in [0.2, 0.25) is 11.8 Å². The van der Waals surface area contributed by atoms with Crippen molar-refractivity contribution in [3.63, 3.8) is 0 Å². The maximum absolute atomic E-state index is 13.8. The Morgan fingerprint density at radius 1 is 1.19 bits per heavy atom. The summed E-state index contributed by atoms with van der Waals surface area (Å²) in [6.45, 7) is 2.42. The normalized spacial score (nSPS) is 27.7. The standard InChI is InChI=1S/C21H28FN3O2/c22-16-5-3-4-14(10-16)21-18-12-23-11-15(18)13-25(21)20(27)9-8-19(26)24-17-6-1-2-7-17/h3-5,10,15,17-18,21,23H,1-2,6-9,11-13H2,(H,24,26)/t15-,18-,21+/m0/s1. The molecule has 2 saturated heterocycles. The molecule has 1 aliphatic carbocycles. The molecule has 1 aromatic rings. The van der Waals surface area contributed by atoms with Crippen molar-refractivity contribution < 1.29 is 14.0 Å². The highest BCUT2D eigenvalue weighted by Gasteiger charge is 2.46. The van der Waals surface area contributed by atoms with Crippen LogP contribution >= 0.6 is 0 Å². The van der Waals surface area contributed by atoms with Gasteiger partial charge in [0.25, 0.3) is 0 Å². The lowest BCUT2D eigenvalue weighted by atomic mass is 9.89. The van der Waals surface area contributed by atoms with Gasteiger partial charge >= 0.3 is 0 Å². The summed E-state index contributed by atoms with van der Waals surface area (Å²) >= 11 is 0. The van der Waals surface area contributed by atoms with E-state index in [4.69, 9.17) is 0 Å². The smallest absolute Gasteiger partial charge is 0.223 e. The largest absolute Gasteiger partial charge is 0.353 e. The van der Waals surface area contributed by atoms with Crippen LogP contribution in [0, 0.1) is 17.7 Å². The second-order valence-electron chi connectivity index (χ2n) is 8.18. The van der Waals surface area contributed by atoms with Gasteiger partial charge in [0.15, 0.2) is 0 Å². The third kappa shape index (κ3) is 4.00. The molecule has 3 aliphatic rings. The first-order valence-corrected chi connectivity index (χ1v) is 10.2. The van der Waals surface area contributed by atoms with Gasteiger partial charge in [-0.15, -0.1) is 0 Å². The van der Waals surface area contributed by atoms with E-state index >= 15 is 0 Å². The highest BCUT2D eigenvalue weighted by atomic mass is 19.1. The third-order valence-corrected chi connectivity index (χ3v) is 6.36. The maximum atomic E-state index is 13.8. The van der Waals surface area contributed by atoms with Crippen molar-refractivity contribution in [2.45, 2.75) is 50.6 Å². The van der Waals surface area contributed by atoms with Gasteiger partial charge in [0, 0.05) is 44.4 Å². The summed E-state index contributed by atoms with van der Waals surface area (Å²) in [5, 5.41) is 6.44. The number of nitrogens with one attached hydrogen (secondary N) is 2. The number of hydrogen-bond acceptors (Lipinski definition) is 3. The SMILES string of the molecule is O=C(CCC(=O)N1C[C@@H]2CNC[C@@H]2[C@H]1c1cccc(F)c1)NC1CCCC1. The topological polar surface area (TPSA) is 61.4 Å². The van der Waals surface area contributed by atoms with Crippen molar-refractivity contribution in [1.82, 2.24) is 15.5 Å². The van der Waals surface area contributed by atoms with Gasteiger partial charge in [-0.3, -0.25) is 9.59 Å². The molecule has 4 rings (SSSR count). The predicted octanol–water partition coefficient (Wildman–Crippen LogP) is 2.38. The zero-order chi connectivity index (χ0) is 18.8. The minimum Gasteiger partial charge on any atom is -0.353 e. The molecule has 146 valence electrons. The fourth-order valence-corrected chi connectivity index (χ4v) is 5.03. The number of nitrogens with zero attached hydrogens (tertiary/aromatic N) is 1. The Morgan fingerprint density at radius 2 is 2.00 bits per heavy atom. The Bertz CT molecular complexity index is 704. The summed E-state index contributed by atoms with van der Waals surface area (Å²) < 4.78 is 13.8. The van der Waals surface area contributed by atoms with Crippen molar-refractivity contribution in [3.8, 4) is 0 Å². The molecule has 2 amide bonds. The van der Waals surface area contributed by atoms with Crippen molar-refractivity contribution in [2.24, 2.45) is 11.8 Å². The minimum absolute atomic E-state index is 0.000216. The first-order valence-electron chi connectivity index (χ1n) is 10.2. The van der Waals surface area contributed by atoms with Gasteiger partial charge < -0.3 is 15.5 Å². The van der Waals surface area contributed by atoms with Crippen molar-refractivity contribution in [2.75, 3.05) is 19.6 Å². The van der Waals surface area contributed by atoms with Crippen LogP contribution in [0.1, 0.15) is 50.1 Å². The van der Waals surface area contributed by atoms with Gasteiger partial charge in [0.05, 0.1) is 6.04 Å². The summed E-state index contributed by atoms with van der Waals surface area (Å²) in [7, 11) is 0. The molecule has 2 N–H and O–H groups in total. The monoisotopic (exact) mass is 373 g/mol. The van der Waals surface area contributed by atoms with Crippen LogP contribution in [0.5, 0.6) is 0 Å². The summed E-state index contributed by atoms with van der Waals surface area (Å²) in [6.07, 6.45) is 4.88. The number of benzene rings is 1. The molecular formula is C21H28FN3O2. The van der Waals surface area contributed by atoms with E-state index in [2.05, 4.69) is 10.6 Å². The molecule has 5 nitrogen and oxygen atoms in total. The van der Waals surface area contributed by atoms with Gasteiger partial charge in [-0.25, -0.2) is 4.39 Å².